The van der Waals surface area contributed by atoms with Crippen LogP contribution in [-0.2, 0) is 7.05 Å². The lowest BCUT2D eigenvalue weighted by atomic mass is 10.2. The van der Waals surface area contributed by atoms with Crippen molar-refractivity contribution in [2.45, 2.75) is 0 Å². The lowest BCUT2D eigenvalue weighted by molar-refractivity contribution is 0.0643. The number of nitrogens with zero attached hydrogens (tertiary/aromatic N) is 3. The van der Waals surface area contributed by atoms with Crippen LogP contribution in [0.15, 0.2) is 34.9 Å². The van der Waals surface area contributed by atoms with Crippen molar-refractivity contribution < 1.29 is 14.4 Å². The molecule has 0 aliphatic rings. The van der Waals surface area contributed by atoms with E-state index in [0.29, 0.717) is 5.69 Å². The molecule has 6 nitrogen and oxygen atoms in total. The molecule has 3 aromatic rings. The van der Waals surface area contributed by atoms with Gasteiger partial charge in [-0.25, -0.2) is 4.79 Å². The Morgan fingerprint density at radius 3 is 2.83 bits per heavy atom. The van der Waals surface area contributed by atoms with Crippen LogP contribution in [0.2, 0.25) is 0 Å². The summed E-state index contributed by atoms with van der Waals surface area (Å²) in [5.74, 6) is -1.37. The molecule has 0 atom stereocenters. The van der Waals surface area contributed by atoms with Gasteiger partial charge in [-0.1, -0.05) is 23.4 Å². The van der Waals surface area contributed by atoms with Gasteiger partial charge < -0.3 is 14.2 Å². The van der Waals surface area contributed by atoms with E-state index in [1.165, 1.54) is 0 Å². The average Bonchev–Trinajstić information content (AvgIpc) is 2.95. The van der Waals surface area contributed by atoms with Gasteiger partial charge in [0.2, 0.25) is 5.82 Å². The maximum Gasteiger partial charge on any atom is 0.394 e. The van der Waals surface area contributed by atoms with Crippen molar-refractivity contribution in [3.8, 4) is 11.5 Å². The fourth-order valence-corrected chi connectivity index (χ4v) is 1.92. The molecule has 18 heavy (non-hydrogen) atoms. The number of carbonyl (C=O) groups is 1. The molecule has 2 aromatic heterocycles. The zero-order valence-corrected chi connectivity index (χ0v) is 9.49. The largest absolute Gasteiger partial charge is 0.474 e. The predicted molar refractivity (Wildman–Crippen MR) is 63.2 cm³/mol. The zero-order chi connectivity index (χ0) is 12.7. The molecule has 2 heterocycles. The maximum absolute atomic E-state index is 10.7. The third-order valence-electron chi connectivity index (χ3n) is 2.79. The molecule has 0 aliphatic carbocycles. The van der Waals surface area contributed by atoms with Gasteiger partial charge in [0, 0.05) is 18.0 Å². The van der Waals surface area contributed by atoms with Gasteiger partial charge in [0.15, 0.2) is 0 Å². The highest BCUT2D eigenvalue weighted by Gasteiger charge is 2.17. The van der Waals surface area contributed by atoms with E-state index >= 15 is 0 Å². The Labute approximate surface area is 101 Å². The van der Waals surface area contributed by atoms with E-state index < -0.39 is 11.9 Å². The highest BCUT2D eigenvalue weighted by atomic mass is 16.5. The minimum absolute atomic E-state index is 0.270. The number of para-hydroxylation sites is 1. The first-order chi connectivity index (χ1) is 8.66. The lowest BCUT2D eigenvalue weighted by Crippen LogP contribution is -1.97. The fourth-order valence-electron chi connectivity index (χ4n) is 1.92. The number of rotatable bonds is 2. The highest BCUT2D eigenvalue weighted by molar-refractivity contribution is 5.86. The van der Waals surface area contributed by atoms with Crippen molar-refractivity contribution in [1.82, 2.24) is 14.7 Å². The summed E-state index contributed by atoms with van der Waals surface area (Å²) in [7, 11) is 1.87. The van der Waals surface area contributed by atoms with E-state index in [2.05, 4.69) is 14.7 Å². The molecule has 0 radical (unpaired) electrons. The molecule has 0 aliphatic heterocycles. The van der Waals surface area contributed by atoms with Gasteiger partial charge >= 0.3 is 11.9 Å². The Morgan fingerprint density at radius 1 is 1.39 bits per heavy atom. The topological polar surface area (TPSA) is 81.2 Å². The van der Waals surface area contributed by atoms with E-state index in [0.717, 1.165) is 10.9 Å². The second-order valence-corrected chi connectivity index (χ2v) is 3.88. The van der Waals surface area contributed by atoms with Crippen molar-refractivity contribution in [1.29, 1.82) is 0 Å². The summed E-state index contributed by atoms with van der Waals surface area (Å²) in [4.78, 5) is 14.5. The summed E-state index contributed by atoms with van der Waals surface area (Å²) in [6.45, 7) is 0. The zero-order valence-electron chi connectivity index (χ0n) is 9.49. The molecule has 1 aromatic carbocycles. The quantitative estimate of drug-likeness (QED) is 0.743. The predicted octanol–water partition coefficient (Wildman–Crippen LogP) is 1.93. The van der Waals surface area contributed by atoms with Crippen molar-refractivity contribution in [2.75, 3.05) is 0 Å². The Hall–Kier alpha value is -2.63. The normalized spacial score (nSPS) is 10.9. The van der Waals surface area contributed by atoms with Crippen LogP contribution in [0, 0.1) is 0 Å². The summed E-state index contributed by atoms with van der Waals surface area (Å²) in [6.07, 6.45) is 0. The Bertz CT molecular complexity index is 742. The van der Waals surface area contributed by atoms with Gasteiger partial charge in [0.1, 0.15) is 0 Å². The van der Waals surface area contributed by atoms with Crippen LogP contribution in [0.25, 0.3) is 22.4 Å². The molecular formula is C12H9N3O3. The maximum atomic E-state index is 10.7. The molecule has 0 unspecified atom stereocenters. The second kappa shape index (κ2) is 3.69. The SMILES string of the molecule is Cn1c(-c2noc(C(=O)O)n2)cc2ccccc21. The Morgan fingerprint density at radius 2 is 2.17 bits per heavy atom. The summed E-state index contributed by atoms with van der Waals surface area (Å²) < 4.78 is 6.55. The van der Waals surface area contributed by atoms with Gasteiger partial charge in [0.25, 0.3) is 0 Å². The first kappa shape index (κ1) is 10.5. The lowest BCUT2D eigenvalue weighted by Gasteiger charge is -1.98. The standard InChI is InChI=1S/C12H9N3O3/c1-15-8-5-3-2-4-7(8)6-9(15)10-13-11(12(16)17)18-14-10/h2-6H,1H3,(H,16,17). The molecule has 0 saturated carbocycles. The summed E-state index contributed by atoms with van der Waals surface area (Å²) in [5, 5.41) is 13.5. The minimum Gasteiger partial charge on any atom is -0.474 e. The van der Waals surface area contributed by atoms with E-state index in [1.54, 1.807) is 0 Å². The van der Waals surface area contributed by atoms with Crippen molar-refractivity contribution in [3.05, 3.63) is 36.2 Å². The fraction of sp³-hybridized carbons (Fsp3) is 0.0833. The van der Waals surface area contributed by atoms with Gasteiger partial charge in [-0.05, 0) is 12.1 Å². The summed E-state index contributed by atoms with van der Waals surface area (Å²) >= 11 is 0. The second-order valence-electron chi connectivity index (χ2n) is 3.88. The Balaban J connectivity index is 2.18. The molecule has 6 heteroatoms. The van der Waals surface area contributed by atoms with Crippen LogP contribution in [-0.4, -0.2) is 25.8 Å². The van der Waals surface area contributed by atoms with E-state index in [1.807, 2.05) is 41.9 Å². The number of hydrogen-bond donors (Lipinski definition) is 1. The molecule has 1 N–H and O–H groups in total. The molecule has 0 amide bonds. The number of fused-ring (bicyclic) bond motifs is 1. The van der Waals surface area contributed by atoms with Gasteiger partial charge in [-0.15, -0.1) is 0 Å². The summed E-state index contributed by atoms with van der Waals surface area (Å²) in [6, 6.07) is 9.70. The van der Waals surface area contributed by atoms with Crippen molar-refractivity contribution in [3.63, 3.8) is 0 Å². The van der Waals surface area contributed by atoms with Crippen LogP contribution in [0.3, 0.4) is 0 Å². The molecule has 3 rings (SSSR count). The smallest absolute Gasteiger partial charge is 0.394 e. The molecule has 90 valence electrons. The van der Waals surface area contributed by atoms with E-state index in [9.17, 15) is 4.79 Å². The first-order valence-electron chi connectivity index (χ1n) is 5.28. The van der Waals surface area contributed by atoms with E-state index in [-0.39, 0.29) is 5.82 Å². The molecule has 0 bridgehead atoms. The monoisotopic (exact) mass is 243 g/mol. The molecule has 0 saturated heterocycles. The molecular weight excluding hydrogens is 234 g/mol. The minimum atomic E-state index is -1.23. The van der Waals surface area contributed by atoms with E-state index in [4.69, 9.17) is 5.11 Å². The van der Waals surface area contributed by atoms with Gasteiger partial charge in [0.05, 0.1) is 5.69 Å². The number of hydrogen-bond acceptors (Lipinski definition) is 4. The number of benzene rings is 1. The van der Waals surface area contributed by atoms with Crippen LogP contribution >= 0.6 is 0 Å². The van der Waals surface area contributed by atoms with Crippen molar-refractivity contribution in [2.24, 2.45) is 7.05 Å². The van der Waals surface area contributed by atoms with Crippen LogP contribution in [0.5, 0.6) is 0 Å². The number of carboxylic acids is 1. The molecule has 0 fully saturated rings. The van der Waals surface area contributed by atoms with Crippen LogP contribution < -0.4 is 0 Å². The first-order valence-corrected chi connectivity index (χ1v) is 5.28. The van der Waals surface area contributed by atoms with Crippen LogP contribution in [0.1, 0.15) is 10.7 Å². The number of aromatic carboxylic acids is 1. The Kier molecular flexibility index (Phi) is 2.16. The van der Waals surface area contributed by atoms with Crippen molar-refractivity contribution >= 4 is 16.9 Å². The number of carboxylic acid groups (broad SMARTS) is 1. The van der Waals surface area contributed by atoms with Gasteiger partial charge in [-0.2, -0.15) is 4.98 Å². The highest BCUT2D eigenvalue weighted by Crippen LogP contribution is 2.24. The van der Waals surface area contributed by atoms with Gasteiger partial charge in [-0.3, -0.25) is 0 Å². The van der Waals surface area contributed by atoms with Crippen LogP contribution in [0.4, 0.5) is 0 Å². The summed E-state index contributed by atoms with van der Waals surface area (Å²) in [5.41, 5.74) is 1.74. The molecule has 0 spiro atoms. The number of aryl methyl sites for hydroxylation is 1. The average molecular weight is 243 g/mol. The number of aromatic nitrogens is 3. The third-order valence-corrected chi connectivity index (χ3v) is 2.79. The third kappa shape index (κ3) is 1.46.